The molecule has 0 spiro atoms. The van der Waals surface area contributed by atoms with E-state index in [1.54, 1.807) is 12.2 Å². The van der Waals surface area contributed by atoms with E-state index in [1.165, 1.54) is 19.3 Å². The van der Waals surface area contributed by atoms with Crippen LogP contribution in [0.5, 0.6) is 0 Å². The zero-order chi connectivity index (χ0) is 16.6. The van der Waals surface area contributed by atoms with Gasteiger partial charge in [0.2, 0.25) is 0 Å². The lowest BCUT2D eigenvalue weighted by molar-refractivity contribution is -0.137. The number of carboxylic acid groups (broad SMARTS) is 1. The smallest absolute Gasteiger partial charge is 0.303 e. The van der Waals surface area contributed by atoms with Gasteiger partial charge in [0.25, 0.3) is 0 Å². The number of hydrogen-bond donors (Lipinski definition) is 3. The van der Waals surface area contributed by atoms with Crippen LogP contribution in [0.1, 0.15) is 84.0 Å². The first kappa shape index (κ1) is 21.1. The van der Waals surface area contributed by atoms with E-state index in [1.807, 2.05) is 0 Å². The van der Waals surface area contributed by atoms with Crippen molar-refractivity contribution in [2.45, 2.75) is 96.2 Å². The number of unbranched alkanes of at least 4 members (excludes halogenated alkanes) is 7. The lowest BCUT2D eigenvalue weighted by atomic mass is 10.1. The summed E-state index contributed by atoms with van der Waals surface area (Å²) >= 11 is 0. The van der Waals surface area contributed by atoms with E-state index in [2.05, 4.69) is 6.92 Å². The zero-order valence-electron chi connectivity index (χ0n) is 14.0. The van der Waals surface area contributed by atoms with Crippen LogP contribution in [0.25, 0.3) is 0 Å². The second-order valence-corrected chi connectivity index (χ2v) is 6.07. The Hall–Kier alpha value is -0.870. The summed E-state index contributed by atoms with van der Waals surface area (Å²) < 4.78 is 0. The van der Waals surface area contributed by atoms with Crippen molar-refractivity contribution in [2.75, 3.05) is 0 Å². The molecule has 22 heavy (non-hydrogen) atoms. The molecule has 0 rings (SSSR count). The first-order valence-corrected chi connectivity index (χ1v) is 8.82. The fourth-order valence-electron chi connectivity index (χ4n) is 2.39. The topological polar surface area (TPSA) is 77.8 Å². The Bertz CT molecular complexity index is 289. The standard InChI is InChI=1S/C18H34O4/c1-2-3-4-5-8-11-16(19)14-15-17(20)12-9-6-7-10-13-18(21)22/h14-17,19-20H,2-13H2,1H3,(H,21,22)/b15-14+/t16-,17-/m0/s1. The molecule has 2 atom stereocenters. The number of aliphatic hydroxyl groups excluding tert-OH is 2. The van der Waals surface area contributed by atoms with Crippen molar-refractivity contribution in [3.05, 3.63) is 12.2 Å². The molecule has 0 amide bonds. The van der Waals surface area contributed by atoms with Gasteiger partial charge >= 0.3 is 5.97 Å². The molecule has 0 unspecified atom stereocenters. The van der Waals surface area contributed by atoms with Gasteiger partial charge in [-0.25, -0.2) is 0 Å². The van der Waals surface area contributed by atoms with Crippen LogP contribution in [0.15, 0.2) is 12.2 Å². The summed E-state index contributed by atoms with van der Waals surface area (Å²) in [5, 5.41) is 28.1. The van der Waals surface area contributed by atoms with Crippen molar-refractivity contribution in [3.63, 3.8) is 0 Å². The second kappa shape index (κ2) is 15.0. The van der Waals surface area contributed by atoms with Crippen molar-refractivity contribution in [1.29, 1.82) is 0 Å². The third-order valence-corrected chi connectivity index (χ3v) is 3.80. The van der Waals surface area contributed by atoms with Gasteiger partial charge < -0.3 is 15.3 Å². The van der Waals surface area contributed by atoms with Gasteiger partial charge in [-0.1, -0.05) is 70.4 Å². The maximum absolute atomic E-state index is 10.3. The van der Waals surface area contributed by atoms with Crippen LogP contribution in [-0.2, 0) is 4.79 Å². The van der Waals surface area contributed by atoms with Gasteiger partial charge in [0, 0.05) is 6.42 Å². The predicted octanol–water partition coefficient (Wildman–Crippen LogP) is 4.05. The molecule has 0 bridgehead atoms. The molecule has 0 aliphatic heterocycles. The number of rotatable bonds is 15. The normalized spacial score (nSPS) is 14.3. The highest BCUT2D eigenvalue weighted by Crippen LogP contribution is 2.10. The summed E-state index contributed by atoms with van der Waals surface area (Å²) in [5.74, 6) is -0.744. The minimum absolute atomic E-state index is 0.229. The Morgan fingerprint density at radius 2 is 1.27 bits per heavy atom. The van der Waals surface area contributed by atoms with E-state index >= 15 is 0 Å². The molecule has 3 N–H and O–H groups in total. The van der Waals surface area contributed by atoms with Gasteiger partial charge in [0.1, 0.15) is 0 Å². The van der Waals surface area contributed by atoms with Crippen LogP contribution < -0.4 is 0 Å². The number of aliphatic hydroxyl groups is 2. The summed E-state index contributed by atoms with van der Waals surface area (Å²) in [6, 6.07) is 0. The highest BCUT2D eigenvalue weighted by molar-refractivity contribution is 5.66. The quantitative estimate of drug-likeness (QED) is 0.315. The summed E-state index contributed by atoms with van der Waals surface area (Å²) in [4.78, 5) is 10.3. The molecule has 0 aliphatic rings. The number of carboxylic acids is 1. The Labute approximate surface area is 135 Å². The van der Waals surface area contributed by atoms with Crippen molar-refractivity contribution < 1.29 is 20.1 Å². The lowest BCUT2D eigenvalue weighted by Crippen LogP contribution is -2.06. The molecule has 0 radical (unpaired) electrons. The van der Waals surface area contributed by atoms with Crippen LogP contribution in [0.3, 0.4) is 0 Å². The molecular formula is C18H34O4. The molecule has 0 heterocycles. The number of hydrogen-bond acceptors (Lipinski definition) is 3. The Morgan fingerprint density at radius 3 is 1.73 bits per heavy atom. The van der Waals surface area contributed by atoms with Crippen LogP contribution >= 0.6 is 0 Å². The summed E-state index contributed by atoms with van der Waals surface area (Å²) in [6.07, 6.45) is 13.4. The maximum atomic E-state index is 10.3. The summed E-state index contributed by atoms with van der Waals surface area (Å²) in [6.45, 7) is 2.19. The number of aliphatic carboxylic acids is 1. The molecule has 0 fully saturated rings. The molecule has 0 aromatic carbocycles. The van der Waals surface area contributed by atoms with E-state index in [-0.39, 0.29) is 6.42 Å². The Balaban J connectivity index is 3.51. The number of carbonyl (C=O) groups is 1. The Morgan fingerprint density at radius 1 is 0.818 bits per heavy atom. The van der Waals surface area contributed by atoms with E-state index in [9.17, 15) is 15.0 Å². The average molecular weight is 314 g/mol. The van der Waals surface area contributed by atoms with Crippen molar-refractivity contribution in [2.24, 2.45) is 0 Å². The SMILES string of the molecule is CCCCCCC[C@H](O)/C=C/[C@@H](O)CCCCCCC(=O)O. The summed E-state index contributed by atoms with van der Waals surface area (Å²) in [7, 11) is 0. The molecule has 0 aromatic rings. The summed E-state index contributed by atoms with van der Waals surface area (Å²) in [5.41, 5.74) is 0. The zero-order valence-corrected chi connectivity index (χ0v) is 14.0. The third-order valence-electron chi connectivity index (χ3n) is 3.80. The van der Waals surface area contributed by atoms with E-state index < -0.39 is 18.2 Å². The van der Waals surface area contributed by atoms with Gasteiger partial charge in [0.05, 0.1) is 12.2 Å². The highest BCUT2D eigenvalue weighted by atomic mass is 16.4. The fourth-order valence-corrected chi connectivity index (χ4v) is 2.39. The Kier molecular flexibility index (Phi) is 14.4. The molecular weight excluding hydrogens is 280 g/mol. The molecule has 130 valence electrons. The van der Waals surface area contributed by atoms with Gasteiger partial charge in [-0.05, 0) is 19.3 Å². The van der Waals surface area contributed by atoms with Gasteiger partial charge in [0.15, 0.2) is 0 Å². The van der Waals surface area contributed by atoms with Crippen LogP contribution in [0.2, 0.25) is 0 Å². The van der Waals surface area contributed by atoms with Gasteiger partial charge in [-0.2, -0.15) is 0 Å². The first-order chi connectivity index (χ1) is 10.6. The first-order valence-electron chi connectivity index (χ1n) is 8.82. The highest BCUT2D eigenvalue weighted by Gasteiger charge is 2.03. The molecule has 0 saturated carbocycles. The lowest BCUT2D eigenvalue weighted by Gasteiger charge is -2.08. The van der Waals surface area contributed by atoms with E-state index in [4.69, 9.17) is 5.11 Å². The minimum Gasteiger partial charge on any atom is -0.481 e. The monoisotopic (exact) mass is 314 g/mol. The molecule has 0 saturated heterocycles. The molecule has 0 aromatic heterocycles. The molecule has 4 nitrogen and oxygen atoms in total. The van der Waals surface area contributed by atoms with Crippen LogP contribution in [-0.4, -0.2) is 33.5 Å². The van der Waals surface area contributed by atoms with Crippen molar-refractivity contribution in [3.8, 4) is 0 Å². The second-order valence-electron chi connectivity index (χ2n) is 6.07. The minimum atomic E-state index is -0.744. The van der Waals surface area contributed by atoms with Crippen molar-refractivity contribution >= 4 is 5.97 Å². The average Bonchev–Trinajstić information content (AvgIpc) is 2.48. The molecule has 4 heteroatoms. The van der Waals surface area contributed by atoms with E-state index in [0.29, 0.717) is 12.8 Å². The maximum Gasteiger partial charge on any atom is 0.303 e. The van der Waals surface area contributed by atoms with Crippen LogP contribution in [0, 0.1) is 0 Å². The largest absolute Gasteiger partial charge is 0.481 e. The van der Waals surface area contributed by atoms with Crippen molar-refractivity contribution in [1.82, 2.24) is 0 Å². The van der Waals surface area contributed by atoms with Crippen LogP contribution in [0.4, 0.5) is 0 Å². The van der Waals surface area contributed by atoms with E-state index in [0.717, 1.165) is 38.5 Å². The molecule has 0 aliphatic carbocycles. The van der Waals surface area contributed by atoms with Gasteiger partial charge in [-0.3, -0.25) is 4.79 Å². The predicted molar refractivity (Wildman–Crippen MR) is 89.9 cm³/mol. The fraction of sp³-hybridized carbons (Fsp3) is 0.833. The third kappa shape index (κ3) is 15.5. The van der Waals surface area contributed by atoms with Gasteiger partial charge in [-0.15, -0.1) is 0 Å².